The van der Waals surface area contributed by atoms with E-state index in [2.05, 4.69) is 58.0 Å². The lowest BCUT2D eigenvalue weighted by Gasteiger charge is -2.25. The van der Waals surface area contributed by atoms with Crippen LogP contribution in [-0.2, 0) is 12.5 Å². The van der Waals surface area contributed by atoms with Gasteiger partial charge in [-0.1, -0.05) is 22.9 Å². The molecule has 1 fully saturated rings. The first-order valence-electron chi connectivity index (χ1n) is 6.49. The molecule has 1 aromatic heterocycles. The minimum atomic E-state index is 0.209. The lowest BCUT2D eigenvalue weighted by atomic mass is 9.83. The Morgan fingerprint density at radius 3 is 3.00 bits per heavy atom. The van der Waals surface area contributed by atoms with E-state index in [9.17, 15) is 0 Å². The fraction of sp³-hybridized carbons (Fsp3) is 0.500. The van der Waals surface area contributed by atoms with E-state index in [4.69, 9.17) is 4.98 Å². The van der Waals surface area contributed by atoms with Gasteiger partial charge in [-0.2, -0.15) is 0 Å². The van der Waals surface area contributed by atoms with Crippen molar-refractivity contribution in [2.45, 2.75) is 25.2 Å². The first kappa shape index (κ1) is 12.2. The van der Waals surface area contributed by atoms with Gasteiger partial charge in [-0.15, -0.1) is 0 Å². The number of imidazole rings is 1. The zero-order valence-corrected chi connectivity index (χ0v) is 12.4. The molecule has 4 heteroatoms. The van der Waals surface area contributed by atoms with E-state index in [1.807, 2.05) is 0 Å². The topological polar surface area (TPSA) is 29.9 Å². The second-order valence-corrected chi connectivity index (χ2v) is 6.10. The van der Waals surface area contributed by atoms with E-state index >= 15 is 0 Å². The molecule has 0 bridgehead atoms. The lowest BCUT2D eigenvalue weighted by molar-refractivity contribution is 0.415. The van der Waals surface area contributed by atoms with Gasteiger partial charge in [0, 0.05) is 23.5 Å². The first-order chi connectivity index (χ1) is 8.66. The molecular formula is C14H18BrN3. The van der Waals surface area contributed by atoms with Gasteiger partial charge >= 0.3 is 0 Å². The summed E-state index contributed by atoms with van der Waals surface area (Å²) < 4.78 is 3.35. The Labute approximate surface area is 116 Å². The summed E-state index contributed by atoms with van der Waals surface area (Å²) >= 11 is 3.52. The Hall–Kier alpha value is -0.870. The largest absolute Gasteiger partial charge is 0.331 e. The molecule has 1 aromatic carbocycles. The summed E-state index contributed by atoms with van der Waals surface area (Å²) in [6, 6.07) is 6.32. The molecule has 2 aromatic rings. The maximum absolute atomic E-state index is 4.89. The highest BCUT2D eigenvalue weighted by Crippen LogP contribution is 2.35. The van der Waals surface area contributed by atoms with E-state index in [-0.39, 0.29) is 5.41 Å². The number of rotatable bonds is 2. The average molecular weight is 308 g/mol. The number of benzene rings is 1. The highest BCUT2D eigenvalue weighted by Gasteiger charge is 2.37. The third-order valence-corrected chi connectivity index (χ3v) is 4.73. The van der Waals surface area contributed by atoms with Crippen molar-refractivity contribution in [2.75, 3.05) is 13.1 Å². The predicted molar refractivity (Wildman–Crippen MR) is 77.9 cm³/mol. The van der Waals surface area contributed by atoms with Gasteiger partial charge < -0.3 is 9.88 Å². The van der Waals surface area contributed by atoms with Crippen LogP contribution in [0, 0.1) is 0 Å². The first-order valence-corrected chi connectivity index (χ1v) is 7.29. The van der Waals surface area contributed by atoms with Crippen LogP contribution in [0.2, 0.25) is 0 Å². The molecule has 3 rings (SSSR count). The lowest BCUT2D eigenvalue weighted by Crippen LogP contribution is -2.31. The van der Waals surface area contributed by atoms with E-state index in [1.165, 1.54) is 17.8 Å². The molecule has 18 heavy (non-hydrogen) atoms. The van der Waals surface area contributed by atoms with Gasteiger partial charge in [-0.3, -0.25) is 0 Å². The number of hydrogen-bond donors (Lipinski definition) is 1. The van der Waals surface area contributed by atoms with Gasteiger partial charge in [-0.25, -0.2) is 4.98 Å². The molecule has 1 N–H and O–H groups in total. The summed E-state index contributed by atoms with van der Waals surface area (Å²) in [6.45, 7) is 4.41. The number of halogens is 1. The number of aromatic nitrogens is 2. The number of aryl methyl sites for hydroxylation is 1. The van der Waals surface area contributed by atoms with Gasteiger partial charge in [0.25, 0.3) is 0 Å². The van der Waals surface area contributed by atoms with Crippen molar-refractivity contribution in [3.05, 3.63) is 28.5 Å². The van der Waals surface area contributed by atoms with Gasteiger partial charge in [0.2, 0.25) is 0 Å². The molecule has 0 saturated carbocycles. The van der Waals surface area contributed by atoms with Gasteiger partial charge in [0.05, 0.1) is 11.0 Å². The van der Waals surface area contributed by atoms with Crippen molar-refractivity contribution in [1.82, 2.24) is 14.9 Å². The van der Waals surface area contributed by atoms with Crippen molar-refractivity contribution in [3.63, 3.8) is 0 Å². The number of nitrogens with zero attached hydrogens (tertiary/aromatic N) is 2. The normalized spacial score (nSPS) is 23.9. The Balaban J connectivity index is 2.20. The zero-order chi connectivity index (χ0) is 12.8. The maximum atomic E-state index is 4.89. The van der Waals surface area contributed by atoms with Crippen molar-refractivity contribution in [1.29, 1.82) is 0 Å². The standard InChI is InChI=1S/C14H18BrN3/c1-3-14(6-7-16-9-14)13-17-11-8-10(15)4-5-12(11)18(13)2/h4-5,8,16H,3,6-7,9H2,1-2H3. The molecule has 1 aliphatic rings. The molecule has 0 spiro atoms. The number of hydrogen-bond acceptors (Lipinski definition) is 2. The highest BCUT2D eigenvalue weighted by atomic mass is 79.9. The van der Waals surface area contributed by atoms with Crippen LogP contribution in [0.25, 0.3) is 11.0 Å². The van der Waals surface area contributed by atoms with Crippen molar-refractivity contribution in [3.8, 4) is 0 Å². The maximum Gasteiger partial charge on any atom is 0.117 e. The summed E-state index contributed by atoms with van der Waals surface area (Å²) in [5, 5.41) is 3.48. The fourth-order valence-electron chi connectivity index (χ4n) is 3.04. The van der Waals surface area contributed by atoms with E-state index < -0.39 is 0 Å². The molecule has 3 nitrogen and oxygen atoms in total. The average Bonchev–Trinajstić information content (AvgIpc) is 2.95. The monoisotopic (exact) mass is 307 g/mol. The molecular weight excluding hydrogens is 290 g/mol. The van der Waals surface area contributed by atoms with Crippen LogP contribution >= 0.6 is 15.9 Å². The van der Waals surface area contributed by atoms with Gasteiger partial charge in [0.15, 0.2) is 0 Å². The molecule has 0 amide bonds. The molecule has 0 radical (unpaired) electrons. The second-order valence-electron chi connectivity index (χ2n) is 5.19. The summed E-state index contributed by atoms with van der Waals surface area (Å²) in [6.07, 6.45) is 2.32. The Bertz CT molecular complexity index is 582. The highest BCUT2D eigenvalue weighted by molar-refractivity contribution is 9.10. The summed E-state index contributed by atoms with van der Waals surface area (Å²) in [7, 11) is 2.13. The van der Waals surface area contributed by atoms with Crippen LogP contribution in [0.15, 0.2) is 22.7 Å². The molecule has 0 aliphatic carbocycles. The van der Waals surface area contributed by atoms with Crippen LogP contribution in [0.5, 0.6) is 0 Å². The third-order valence-electron chi connectivity index (χ3n) is 4.24. The van der Waals surface area contributed by atoms with E-state index in [0.29, 0.717) is 0 Å². The molecule has 1 aliphatic heterocycles. The van der Waals surface area contributed by atoms with Gasteiger partial charge in [-0.05, 0) is 37.6 Å². The molecule has 96 valence electrons. The van der Waals surface area contributed by atoms with Crippen molar-refractivity contribution in [2.24, 2.45) is 7.05 Å². The second kappa shape index (κ2) is 4.35. The smallest absolute Gasteiger partial charge is 0.117 e. The van der Waals surface area contributed by atoms with Gasteiger partial charge in [0.1, 0.15) is 5.82 Å². The van der Waals surface area contributed by atoms with E-state index in [1.54, 1.807) is 0 Å². The molecule has 1 atom stereocenters. The molecule has 2 heterocycles. The summed E-state index contributed by atoms with van der Waals surface area (Å²) in [5.41, 5.74) is 2.51. The van der Waals surface area contributed by atoms with Crippen LogP contribution in [0.1, 0.15) is 25.6 Å². The Morgan fingerprint density at radius 1 is 1.50 bits per heavy atom. The number of nitrogens with one attached hydrogen (secondary N) is 1. The third kappa shape index (κ3) is 1.70. The molecule has 1 unspecified atom stereocenters. The van der Waals surface area contributed by atoms with Crippen molar-refractivity contribution >= 4 is 27.0 Å². The Morgan fingerprint density at radius 2 is 2.33 bits per heavy atom. The minimum absolute atomic E-state index is 0.209. The predicted octanol–water partition coefficient (Wildman–Crippen LogP) is 2.98. The summed E-state index contributed by atoms with van der Waals surface area (Å²) in [5.74, 6) is 1.23. The Kier molecular flexibility index (Phi) is 2.94. The SMILES string of the molecule is CCC1(c2nc3cc(Br)ccc3n2C)CCNC1. The summed E-state index contributed by atoms with van der Waals surface area (Å²) in [4.78, 5) is 4.89. The van der Waals surface area contributed by atoms with Crippen LogP contribution in [0.4, 0.5) is 0 Å². The minimum Gasteiger partial charge on any atom is -0.331 e. The number of fused-ring (bicyclic) bond motifs is 1. The molecule has 1 saturated heterocycles. The zero-order valence-electron chi connectivity index (χ0n) is 10.8. The van der Waals surface area contributed by atoms with Crippen LogP contribution < -0.4 is 5.32 Å². The van der Waals surface area contributed by atoms with Crippen LogP contribution in [0.3, 0.4) is 0 Å². The fourth-order valence-corrected chi connectivity index (χ4v) is 3.39. The van der Waals surface area contributed by atoms with Crippen LogP contribution in [-0.4, -0.2) is 22.6 Å². The van der Waals surface area contributed by atoms with Crippen molar-refractivity contribution < 1.29 is 0 Å². The van der Waals surface area contributed by atoms with E-state index in [0.717, 1.165) is 29.5 Å². The quantitative estimate of drug-likeness (QED) is 0.924.